The lowest BCUT2D eigenvalue weighted by Gasteiger charge is -2.31. The Balaban J connectivity index is 0.000000209. The van der Waals surface area contributed by atoms with Gasteiger partial charge in [0, 0.05) is 67.9 Å². The van der Waals surface area contributed by atoms with Gasteiger partial charge in [-0.15, -0.1) is 0 Å². The molecule has 4 saturated heterocycles. The van der Waals surface area contributed by atoms with Gasteiger partial charge >= 0.3 is 24.4 Å². The summed E-state index contributed by atoms with van der Waals surface area (Å²) >= 11 is 0. The Kier molecular flexibility index (Phi) is 25.7. The van der Waals surface area contributed by atoms with E-state index in [1.807, 2.05) is 145 Å². The predicted octanol–water partition coefficient (Wildman–Crippen LogP) is 19.2. The fraction of sp³-hybridized carbons (Fsp3) is 0.447. The summed E-state index contributed by atoms with van der Waals surface area (Å²) in [6.07, 6.45) is 11.7. The molecule has 107 heavy (non-hydrogen) atoms. The number of Topliss-reactive ketones (excluding diaryl/α,β-unsaturated/α-hetero) is 1. The molecule has 4 aliphatic heterocycles. The van der Waals surface area contributed by atoms with Gasteiger partial charge < -0.3 is 38.7 Å². The molecule has 2 aromatic heterocycles. The first-order valence-corrected chi connectivity index (χ1v) is 37.1. The summed E-state index contributed by atoms with van der Waals surface area (Å²) in [6, 6.07) is 39.1. The maximum Gasteiger partial charge on any atom is 0.411 e. The fourth-order valence-corrected chi connectivity index (χ4v) is 14.4. The molecule has 6 heterocycles. The normalized spacial score (nSPS) is 17.9. The summed E-state index contributed by atoms with van der Waals surface area (Å²) in [7, 11) is 0. The van der Waals surface area contributed by atoms with Crippen molar-refractivity contribution < 1.29 is 47.7 Å². The number of rotatable bonds is 10. The molecule has 2 unspecified atom stereocenters. The molecule has 0 radical (unpaired) electrons. The second-order valence-electron chi connectivity index (χ2n) is 32.0. The average molecular weight is 1490 g/mol. The number of nitrogens with one attached hydrogen (secondary N) is 2. The lowest BCUT2D eigenvalue weighted by Crippen LogP contribution is -2.41. The van der Waals surface area contributed by atoms with Gasteiger partial charge in [0.15, 0.2) is 5.78 Å². The van der Waals surface area contributed by atoms with Crippen LogP contribution in [0.5, 0.6) is 0 Å². The maximum atomic E-state index is 13.5. The number of fused-ring (bicyclic) bond motifs is 3. The number of imidazole rings is 2. The lowest BCUT2D eigenvalue weighted by atomic mass is 9.85. The summed E-state index contributed by atoms with van der Waals surface area (Å²) in [5.74, 6) is 1.71. The molecule has 22 heteroatoms. The van der Waals surface area contributed by atoms with Crippen LogP contribution < -0.4 is 0 Å². The first kappa shape index (κ1) is 81.5. The minimum atomic E-state index is -0.567. The SMILES string of the molecule is CC(C)(C)OC(=O)N1CCCC1C#N.CC(C)(C)OC(=O)N1CCCC1C1=Cc2ccc(-c3ccc4cc(-c5cnc([C@@H]6CCCN6C(=O)OC(C)(C)C)[nH]5)ccc4c3)cc2C(=O)C1.CCN(CC)C(=O)c1cc(-c2ccc3cc(-c4cnc([C@@H]5CCCN5C(=O)OC(C)(C)C)[nH]4)ccc3c2)ccc1C.S.S. The van der Waals surface area contributed by atoms with E-state index in [4.69, 9.17) is 24.2 Å². The van der Waals surface area contributed by atoms with Crippen molar-refractivity contribution in [3.8, 4) is 50.8 Å². The van der Waals surface area contributed by atoms with Gasteiger partial charge in [0.2, 0.25) is 0 Å². The first-order chi connectivity index (χ1) is 49.7. The molecule has 5 amide bonds. The predicted molar refractivity (Wildman–Crippen MR) is 431 cm³/mol. The molecule has 8 aromatic rings. The second kappa shape index (κ2) is 33.7. The number of ether oxygens (including phenoxy) is 4. The van der Waals surface area contributed by atoms with E-state index in [9.17, 15) is 28.8 Å². The number of carbonyl (C=O) groups excluding carboxylic acids is 6. The molecule has 568 valence electrons. The quantitative estimate of drug-likeness (QED) is 0.121. The van der Waals surface area contributed by atoms with E-state index in [-0.39, 0.29) is 87.2 Å². The fourth-order valence-electron chi connectivity index (χ4n) is 14.4. The van der Waals surface area contributed by atoms with Crippen molar-refractivity contribution >= 4 is 90.7 Å². The van der Waals surface area contributed by atoms with Gasteiger partial charge in [0.05, 0.1) is 48.0 Å². The number of benzene rings is 6. The minimum absolute atomic E-state index is 0. The second-order valence-corrected chi connectivity index (χ2v) is 32.0. The molecule has 6 aromatic carbocycles. The molecule has 4 atom stereocenters. The Labute approximate surface area is 643 Å². The number of amides is 5. The van der Waals surface area contributed by atoms with Crippen molar-refractivity contribution in [3.05, 3.63) is 161 Å². The smallest absolute Gasteiger partial charge is 0.411 e. The molecule has 0 bridgehead atoms. The number of nitrogens with zero attached hydrogens (tertiary/aromatic N) is 8. The first-order valence-electron chi connectivity index (χ1n) is 37.1. The standard InChI is InChI=1S/C41H46N4O5.C34H40N4O3.C10H16N2O2.2H2S/c1-40(2,3)49-38(47)44-17-7-9-34(44)31-21-29-15-13-28(22-32(29)36(46)23-31)26-11-12-27-20-30(16-14-25(27)19-26)33-24-42-37(43-33)35-10-8-18-45(35)39(48)50-41(4,5)6;1-7-37(8-2)32(39)28-20-26(12-11-22(28)3)24-13-14-25-19-27(16-15-23(25)18-24)29-21-35-31(36-29)30-10-9-17-38(30)33(40)41-34(4,5)6;1-10(2,3)14-9(13)12-6-4-5-8(12)7-11;;/h11-16,19-22,24,34-35H,7-10,17-18,23H2,1-6H3,(H,42,43);11-16,18-21,30H,7-10,17H2,1-6H3,(H,35,36);8H,4-6H2,1-3H3;2*1H2/t34?,35-;30-;;;/m00.../s1. The number of carbonyl (C=O) groups is 6. The molecule has 1 aliphatic carbocycles. The number of ketones is 1. The van der Waals surface area contributed by atoms with E-state index in [2.05, 4.69) is 117 Å². The third-order valence-electron chi connectivity index (χ3n) is 19.5. The number of H-pyrrole nitrogens is 2. The lowest BCUT2D eigenvalue weighted by molar-refractivity contribution is 0.0208. The van der Waals surface area contributed by atoms with Crippen molar-refractivity contribution in [2.24, 2.45) is 0 Å². The van der Waals surface area contributed by atoms with Gasteiger partial charge in [-0.3, -0.25) is 24.3 Å². The average Bonchev–Trinajstić information content (AvgIpc) is 1.69. The van der Waals surface area contributed by atoms with Crippen molar-refractivity contribution in [1.82, 2.24) is 44.4 Å². The highest BCUT2D eigenvalue weighted by Gasteiger charge is 2.39. The molecule has 4 fully saturated rings. The Bertz CT molecular complexity index is 4660. The molecule has 2 N–H and O–H groups in total. The van der Waals surface area contributed by atoms with E-state index >= 15 is 0 Å². The molecule has 0 spiro atoms. The number of aromatic amines is 2. The van der Waals surface area contributed by atoms with Crippen LogP contribution in [0.15, 0.2) is 127 Å². The van der Waals surface area contributed by atoms with Crippen molar-refractivity contribution in [3.63, 3.8) is 0 Å². The highest BCUT2D eigenvalue weighted by Crippen LogP contribution is 2.40. The Morgan fingerprint density at radius 3 is 1.30 bits per heavy atom. The van der Waals surface area contributed by atoms with Crippen LogP contribution in [0, 0.1) is 18.3 Å². The number of likely N-dealkylation sites (tertiary alicyclic amines) is 4. The monoisotopic (exact) mass is 1490 g/mol. The van der Waals surface area contributed by atoms with Crippen LogP contribution in [-0.4, -0.2) is 154 Å². The summed E-state index contributed by atoms with van der Waals surface area (Å²) in [5.41, 5.74) is 10.2. The van der Waals surface area contributed by atoms with Crippen LogP contribution >= 0.6 is 27.0 Å². The third-order valence-corrected chi connectivity index (χ3v) is 19.5. The number of aromatic nitrogens is 4. The Morgan fingerprint density at radius 1 is 0.495 bits per heavy atom. The zero-order valence-corrected chi connectivity index (χ0v) is 66.7. The van der Waals surface area contributed by atoms with Crippen LogP contribution in [0.4, 0.5) is 19.2 Å². The van der Waals surface area contributed by atoms with E-state index in [1.165, 1.54) is 4.90 Å². The van der Waals surface area contributed by atoms with Crippen LogP contribution in [0.2, 0.25) is 0 Å². The number of hydrogen-bond donors (Lipinski definition) is 2. The third kappa shape index (κ3) is 19.8. The van der Waals surface area contributed by atoms with Gasteiger partial charge in [0.1, 0.15) is 40.1 Å². The van der Waals surface area contributed by atoms with Crippen LogP contribution in [0.25, 0.3) is 72.4 Å². The molecular formula is C85H106N10O10S2. The zero-order chi connectivity index (χ0) is 75.4. The van der Waals surface area contributed by atoms with Crippen LogP contribution in [-0.2, 0) is 18.9 Å². The molecular weight excluding hydrogens is 1390 g/mol. The number of nitriles is 1. The highest BCUT2D eigenvalue weighted by atomic mass is 32.1. The topological polar surface area (TPSA) is 237 Å². The van der Waals surface area contributed by atoms with Crippen LogP contribution in [0.3, 0.4) is 0 Å². The van der Waals surface area contributed by atoms with E-state index < -0.39 is 22.4 Å². The van der Waals surface area contributed by atoms with Crippen molar-refractivity contribution in [1.29, 1.82) is 5.26 Å². The van der Waals surface area contributed by atoms with Gasteiger partial charge in [-0.1, -0.05) is 78.9 Å². The Morgan fingerprint density at radius 2 is 0.860 bits per heavy atom. The van der Waals surface area contributed by atoms with Gasteiger partial charge in [-0.05, 0) is 252 Å². The largest absolute Gasteiger partial charge is 0.444 e. The van der Waals surface area contributed by atoms with E-state index in [0.29, 0.717) is 51.3 Å². The summed E-state index contributed by atoms with van der Waals surface area (Å²) < 4.78 is 22.1. The van der Waals surface area contributed by atoms with E-state index in [0.717, 1.165) is 152 Å². The van der Waals surface area contributed by atoms with Crippen LogP contribution in [0.1, 0.15) is 210 Å². The Hall–Kier alpha value is -9.59. The van der Waals surface area contributed by atoms with Gasteiger partial charge in [0.25, 0.3) is 5.91 Å². The minimum Gasteiger partial charge on any atom is -0.444 e. The zero-order valence-electron chi connectivity index (χ0n) is 64.7. The van der Waals surface area contributed by atoms with Gasteiger partial charge in [-0.25, -0.2) is 29.1 Å². The van der Waals surface area contributed by atoms with Crippen molar-refractivity contribution in [2.45, 2.75) is 208 Å². The molecule has 20 nitrogen and oxygen atoms in total. The summed E-state index contributed by atoms with van der Waals surface area (Å²) in [4.78, 5) is 102. The van der Waals surface area contributed by atoms with Gasteiger partial charge in [-0.2, -0.15) is 32.3 Å². The maximum absolute atomic E-state index is 13.5. The number of hydrogen-bond acceptors (Lipinski definition) is 13. The van der Waals surface area contributed by atoms with E-state index in [1.54, 1.807) is 14.7 Å². The summed E-state index contributed by atoms with van der Waals surface area (Å²) in [6.45, 7) is 32.4. The number of aryl methyl sites for hydroxylation is 1. The molecule has 5 aliphatic rings. The highest BCUT2D eigenvalue weighted by molar-refractivity contribution is 7.59. The summed E-state index contributed by atoms with van der Waals surface area (Å²) in [5, 5.41) is 13.2. The molecule has 0 saturated carbocycles. The molecule has 13 rings (SSSR count). The van der Waals surface area contributed by atoms with Crippen molar-refractivity contribution in [2.75, 3.05) is 39.3 Å².